The molecule has 0 saturated heterocycles. The number of aromatic nitrogens is 1. The molecule has 0 N–H and O–H groups in total. The molecule has 0 radical (unpaired) electrons. The summed E-state index contributed by atoms with van der Waals surface area (Å²) in [6, 6.07) is 12.0. The third kappa shape index (κ3) is 4.48. The van der Waals surface area contributed by atoms with Crippen LogP contribution in [0.3, 0.4) is 0 Å². The Hall–Kier alpha value is -2.94. The van der Waals surface area contributed by atoms with E-state index in [1.54, 1.807) is 18.2 Å². The third-order valence-electron chi connectivity index (χ3n) is 3.79. The van der Waals surface area contributed by atoms with E-state index in [1.807, 2.05) is 0 Å². The zero-order valence-electron chi connectivity index (χ0n) is 14.4. The van der Waals surface area contributed by atoms with Crippen LogP contribution in [-0.4, -0.2) is 26.0 Å². The average molecular weight is 411 g/mol. The van der Waals surface area contributed by atoms with Crippen molar-refractivity contribution in [2.45, 2.75) is 11.3 Å². The van der Waals surface area contributed by atoms with Crippen LogP contribution in [-0.2, 0) is 9.84 Å². The molecule has 1 heterocycles. The SMILES string of the molecule is CS(=O)(=O)c1ccc(-c2ncccc2-c2cccc(OC(F)(F)F)c2)cc1F. The standard InChI is InChI=1S/C19H13F4NO3S/c1-28(25,26)17-8-7-13(11-16(17)20)18-15(6-3-9-24-18)12-4-2-5-14(10-12)27-19(21,22)23/h2-11H,1H3. The second kappa shape index (κ2) is 7.23. The fourth-order valence-electron chi connectivity index (χ4n) is 2.68. The summed E-state index contributed by atoms with van der Waals surface area (Å²) in [7, 11) is -3.74. The molecular weight excluding hydrogens is 398 g/mol. The van der Waals surface area contributed by atoms with E-state index in [0.717, 1.165) is 24.5 Å². The molecule has 0 bridgehead atoms. The average Bonchev–Trinajstić information content (AvgIpc) is 2.59. The summed E-state index contributed by atoms with van der Waals surface area (Å²) in [5, 5.41) is 0. The van der Waals surface area contributed by atoms with E-state index in [2.05, 4.69) is 9.72 Å². The highest BCUT2D eigenvalue weighted by Crippen LogP contribution is 2.34. The monoisotopic (exact) mass is 411 g/mol. The first-order valence-corrected chi connectivity index (χ1v) is 9.75. The highest BCUT2D eigenvalue weighted by molar-refractivity contribution is 7.90. The molecule has 2 aromatic carbocycles. The molecule has 0 fully saturated rings. The van der Waals surface area contributed by atoms with Crippen molar-refractivity contribution >= 4 is 9.84 Å². The van der Waals surface area contributed by atoms with Gasteiger partial charge < -0.3 is 4.74 Å². The van der Waals surface area contributed by atoms with Crippen LogP contribution in [0.5, 0.6) is 5.75 Å². The molecule has 0 amide bonds. The minimum atomic E-state index is -4.83. The summed E-state index contributed by atoms with van der Waals surface area (Å²) in [4.78, 5) is 3.73. The minimum Gasteiger partial charge on any atom is -0.406 e. The number of pyridine rings is 1. The Morgan fingerprint density at radius 1 is 0.964 bits per heavy atom. The Balaban J connectivity index is 2.08. The van der Waals surface area contributed by atoms with E-state index in [4.69, 9.17) is 0 Å². The van der Waals surface area contributed by atoms with E-state index in [1.165, 1.54) is 24.4 Å². The molecule has 0 atom stereocenters. The van der Waals surface area contributed by atoms with Crippen molar-refractivity contribution < 1.29 is 30.7 Å². The lowest BCUT2D eigenvalue weighted by Crippen LogP contribution is -2.17. The van der Waals surface area contributed by atoms with Crippen molar-refractivity contribution in [1.29, 1.82) is 0 Å². The highest BCUT2D eigenvalue weighted by Gasteiger charge is 2.31. The predicted octanol–water partition coefficient (Wildman–Crippen LogP) is 4.86. The minimum absolute atomic E-state index is 0.280. The second-order valence-electron chi connectivity index (χ2n) is 5.89. The van der Waals surface area contributed by atoms with Gasteiger partial charge in [0.1, 0.15) is 16.5 Å². The first kappa shape index (κ1) is 19.8. The summed E-state index contributed by atoms with van der Waals surface area (Å²) in [5.41, 5.74) is 1.37. The molecule has 0 saturated carbocycles. The molecule has 0 aliphatic heterocycles. The van der Waals surface area contributed by atoms with E-state index in [-0.39, 0.29) is 11.3 Å². The Labute approximate surface area is 158 Å². The molecule has 1 aromatic heterocycles. The molecule has 0 aliphatic carbocycles. The number of ether oxygens (including phenoxy) is 1. The molecule has 3 aromatic rings. The second-order valence-corrected chi connectivity index (χ2v) is 7.88. The van der Waals surface area contributed by atoms with Crippen LogP contribution in [0.2, 0.25) is 0 Å². The molecule has 0 unspecified atom stereocenters. The number of rotatable bonds is 4. The van der Waals surface area contributed by atoms with Crippen molar-refractivity contribution in [2.75, 3.05) is 6.26 Å². The van der Waals surface area contributed by atoms with Gasteiger partial charge in [-0.3, -0.25) is 4.98 Å². The summed E-state index contributed by atoms with van der Waals surface area (Å²) < 4.78 is 78.8. The van der Waals surface area contributed by atoms with Crippen LogP contribution in [0, 0.1) is 5.82 Å². The number of hydrogen-bond acceptors (Lipinski definition) is 4. The van der Waals surface area contributed by atoms with Gasteiger partial charge in [-0.2, -0.15) is 0 Å². The largest absolute Gasteiger partial charge is 0.573 e. The number of nitrogens with zero attached hydrogens (tertiary/aromatic N) is 1. The van der Waals surface area contributed by atoms with Gasteiger partial charge in [-0.25, -0.2) is 12.8 Å². The predicted molar refractivity (Wildman–Crippen MR) is 94.9 cm³/mol. The summed E-state index contributed by atoms with van der Waals surface area (Å²) in [5.74, 6) is -1.34. The number of hydrogen-bond donors (Lipinski definition) is 0. The van der Waals surface area contributed by atoms with Gasteiger partial charge in [-0.1, -0.05) is 24.3 Å². The van der Waals surface area contributed by atoms with E-state index >= 15 is 0 Å². The number of halogens is 4. The fourth-order valence-corrected chi connectivity index (χ4v) is 3.41. The first-order chi connectivity index (χ1) is 13.0. The highest BCUT2D eigenvalue weighted by atomic mass is 32.2. The molecule has 3 rings (SSSR count). The number of benzene rings is 2. The number of alkyl halides is 3. The number of sulfone groups is 1. The van der Waals surface area contributed by atoms with E-state index in [0.29, 0.717) is 11.1 Å². The van der Waals surface area contributed by atoms with Crippen molar-refractivity contribution in [3.05, 3.63) is 66.6 Å². The quantitative estimate of drug-likeness (QED) is 0.576. The summed E-state index contributed by atoms with van der Waals surface area (Å²) >= 11 is 0. The zero-order chi connectivity index (χ0) is 20.5. The molecule has 0 aliphatic rings. The van der Waals surface area contributed by atoms with Gasteiger partial charge in [0.15, 0.2) is 9.84 Å². The van der Waals surface area contributed by atoms with Crippen molar-refractivity contribution in [1.82, 2.24) is 4.98 Å². The zero-order valence-corrected chi connectivity index (χ0v) is 15.2. The van der Waals surface area contributed by atoms with Gasteiger partial charge in [0.05, 0.1) is 5.69 Å². The molecule has 28 heavy (non-hydrogen) atoms. The normalized spacial score (nSPS) is 12.0. The molecule has 4 nitrogen and oxygen atoms in total. The smallest absolute Gasteiger partial charge is 0.406 e. The maximum Gasteiger partial charge on any atom is 0.573 e. The summed E-state index contributed by atoms with van der Waals surface area (Å²) in [6.45, 7) is 0. The van der Waals surface area contributed by atoms with Crippen molar-refractivity contribution in [2.24, 2.45) is 0 Å². The van der Waals surface area contributed by atoms with E-state index < -0.39 is 32.7 Å². The lowest BCUT2D eigenvalue weighted by molar-refractivity contribution is -0.274. The Bertz CT molecular complexity index is 1130. The van der Waals surface area contributed by atoms with Crippen LogP contribution in [0.4, 0.5) is 17.6 Å². The first-order valence-electron chi connectivity index (χ1n) is 7.86. The van der Waals surface area contributed by atoms with Gasteiger partial charge in [0.25, 0.3) is 0 Å². The van der Waals surface area contributed by atoms with Gasteiger partial charge in [-0.15, -0.1) is 13.2 Å². The maximum absolute atomic E-state index is 14.3. The van der Waals surface area contributed by atoms with Crippen LogP contribution in [0.1, 0.15) is 0 Å². The summed E-state index contributed by atoms with van der Waals surface area (Å²) in [6.07, 6.45) is -2.50. The Morgan fingerprint density at radius 2 is 1.71 bits per heavy atom. The van der Waals surface area contributed by atoms with Crippen LogP contribution in [0.25, 0.3) is 22.4 Å². The van der Waals surface area contributed by atoms with Crippen LogP contribution in [0.15, 0.2) is 65.7 Å². The lowest BCUT2D eigenvalue weighted by atomic mass is 9.99. The molecule has 9 heteroatoms. The van der Waals surface area contributed by atoms with Gasteiger partial charge in [0, 0.05) is 23.6 Å². The van der Waals surface area contributed by atoms with Gasteiger partial charge in [0.2, 0.25) is 0 Å². The third-order valence-corrected chi connectivity index (χ3v) is 4.92. The molecule has 146 valence electrons. The molecular formula is C19H13F4NO3S. The van der Waals surface area contributed by atoms with Gasteiger partial charge >= 0.3 is 6.36 Å². The van der Waals surface area contributed by atoms with Crippen LogP contribution >= 0.6 is 0 Å². The fraction of sp³-hybridized carbons (Fsp3) is 0.105. The van der Waals surface area contributed by atoms with Crippen LogP contribution < -0.4 is 4.74 Å². The lowest BCUT2D eigenvalue weighted by Gasteiger charge is -2.13. The maximum atomic E-state index is 14.3. The van der Waals surface area contributed by atoms with Gasteiger partial charge in [-0.05, 0) is 35.9 Å². The van der Waals surface area contributed by atoms with E-state index in [9.17, 15) is 26.0 Å². The molecule has 0 spiro atoms. The Kier molecular flexibility index (Phi) is 5.12. The van der Waals surface area contributed by atoms with Crippen molar-refractivity contribution in [3.63, 3.8) is 0 Å². The van der Waals surface area contributed by atoms with Crippen molar-refractivity contribution in [3.8, 4) is 28.1 Å². The Morgan fingerprint density at radius 3 is 2.36 bits per heavy atom. The topological polar surface area (TPSA) is 56.3 Å².